The van der Waals surface area contributed by atoms with Crippen molar-refractivity contribution < 1.29 is 9.47 Å². The number of methoxy groups -OCH3 is 2. The first kappa shape index (κ1) is 15.7. The predicted molar refractivity (Wildman–Crippen MR) is 89.1 cm³/mol. The minimum Gasteiger partial charge on any atom is -0.495 e. The zero-order valence-electron chi connectivity index (χ0n) is 11.8. The van der Waals surface area contributed by atoms with Crippen LogP contribution in [-0.2, 0) is 0 Å². The molecule has 0 N–H and O–H groups in total. The maximum Gasteiger partial charge on any atom is 0.145 e. The molecule has 0 aliphatic heterocycles. The summed E-state index contributed by atoms with van der Waals surface area (Å²) in [6.07, 6.45) is 0. The van der Waals surface area contributed by atoms with Gasteiger partial charge >= 0.3 is 0 Å². The van der Waals surface area contributed by atoms with Crippen molar-refractivity contribution in [2.24, 2.45) is 0 Å². The monoisotopic (exact) mass is 374 g/mol. The molecule has 20 heavy (non-hydrogen) atoms. The van der Waals surface area contributed by atoms with E-state index in [9.17, 15) is 0 Å². The van der Waals surface area contributed by atoms with Crippen LogP contribution < -0.4 is 9.47 Å². The van der Waals surface area contributed by atoms with Crippen LogP contribution in [0.1, 0.15) is 25.7 Å². The molecule has 1 aromatic carbocycles. The zero-order valence-corrected chi connectivity index (χ0v) is 14.9. The fourth-order valence-electron chi connectivity index (χ4n) is 2.00. The number of halogens is 2. The van der Waals surface area contributed by atoms with Gasteiger partial charge in [0, 0.05) is 15.3 Å². The van der Waals surface area contributed by atoms with E-state index in [0.717, 1.165) is 5.56 Å². The maximum atomic E-state index is 6.31. The third-order valence-electron chi connectivity index (χ3n) is 3.22. The summed E-state index contributed by atoms with van der Waals surface area (Å²) in [4.78, 5) is 2.61. The second-order valence-corrected chi connectivity index (χ2v) is 7.04. The highest BCUT2D eigenvalue weighted by atomic mass is 79.9. The summed E-state index contributed by atoms with van der Waals surface area (Å²) in [7, 11) is 3.22. The van der Waals surface area contributed by atoms with Crippen LogP contribution in [0.25, 0.3) is 0 Å². The minimum atomic E-state index is 0.0539. The molecule has 108 valence electrons. The zero-order chi connectivity index (χ0) is 14.9. The lowest BCUT2D eigenvalue weighted by Crippen LogP contribution is -1.98. The predicted octanol–water partition coefficient (Wildman–Crippen LogP) is 5.52. The van der Waals surface area contributed by atoms with Crippen LogP contribution in [0.15, 0.2) is 18.2 Å². The van der Waals surface area contributed by atoms with Gasteiger partial charge in [-0.2, -0.15) is 0 Å². The molecule has 0 amide bonds. The molecule has 2 aromatic rings. The number of alkyl halides is 1. The van der Waals surface area contributed by atoms with Gasteiger partial charge in [0.05, 0.1) is 19.0 Å². The van der Waals surface area contributed by atoms with Gasteiger partial charge in [-0.1, -0.05) is 33.6 Å². The van der Waals surface area contributed by atoms with Crippen molar-refractivity contribution in [2.75, 3.05) is 14.2 Å². The third kappa shape index (κ3) is 2.83. The minimum absolute atomic E-state index is 0.0539. The second-order valence-electron chi connectivity index (χ2n) is 4.45. The summed E-state index contributed by atoms with van der Waals surface area (Å²) in [6, 6.07) is 6.03. The SMILES string of the molecule is COc1ccc(C(Br)c2cc(C)c(C)s2)c(OC)c1Cl. The van der Waals surface area contributed by atoms with Gasteiger partial charge in [-0.15, -0.1) is 11.3 Å². The van der Waals surface area contributed by atoms with Crippen LogP contribution in [0.4, 0.5) is 0 Å². The summed E-state index contributed by atoms with van der Waals surface area (Å²) in [5, 5.41) is 0.502. The molecule has 0 radical (unpaired) electrons. The van der Waals surface area contributed by atoms with Gasteiger partial charge in [0.2, 0.25) is 0 Å². The van der Waals surface area contributed by atoms with E-state index >= 15 is 0 Å². The van der Waals surface area contributed by atoms with Gasteiger partial charge in [0.15, 0.2) is 0 Å². The molecule has 2 nitrogen and oxygen atoms in total. The maximum absolute atomic E-state index is 6.31. The van der Waals surface area contributed by atoms with E-state index in [1.54, 1.807) is 25.6 Å². The van der Waals surface area contributed by atoms with E-state index < -0.39 is 0 Å². The highest BCUT2D eigenvalue weighted by Crippen LogP contribution is 2.45. The Kier molecular flexibility index (Phi) is 4.99. The lowest BCUT2D eigenvalue weighted by atomic mass is 10.1. The molecular formula is C15H16BrClO2S. The van der Waals surface area contributed by atoms with Crippen molar-refractivity contribution in [3.63, 3.8) is 0 Å². The van der Waals surface area contributed by atoms with E-state index in [-0.39, 0.29) is 4.83 Å². The topological polar surface area (TPSA) is 18.5 Å². The molecule has 5 heteroatoms. The normalized spacial score (nSPS) is 12.3. The highest BCUT2D eigenvalue weighted by molar-refractivity contribution is 9.09. The van der Waals surface area contributed by atoms with Gasteiger partial charge in [-0.25, -0.2) is 0 Å². The smallest absolute Gasteiger partial charge is 0.145 e. The lowest BCUT2D eigenvalue weighted by molar-refractivity contribution is 0.392. The Morgan fingerprint density at radius 3 is 2.40 bits per heavy atom. The Morgan fingerprint density at radius 2 is 1.90 bits per heavy atom. The summed E-state index contributed by atoms with van der Waals surface area (Å²) < 4.78 is 10.7. The molecule has 0 aliphatic rings. The van der Waals surface area contributed by atoms with Gasteiger partial charge in [-0.05, 0) is 31.5 Å². The molecule has 1 unspecified atom stereocenters. The molecule has 2 rings (SSSR count). The summed E-state index contributed by atoms with van der Waals surface area (Å²) in [5.41, 5.74) is 2.30. The lowest BCUT2D eigenvalue weighted by Gasteiger charge is -2.16. The van der Waals surface area contributed by atoms with Crippen molar-refractivity contribution in [1.82, 2.24) is 0 Å². The number of aryl methyl sites for hydroxylation is 2. The summed E-state index contributed by atoms with van der Waals surface area (Å²) in [5.74, 6) is 1.27. The van der Waals surface area contributed by atoms with Crippen LogP contribution in [-0.4, -0.2) is 14.2 Å². The average Bonchev–Trinajstić information content (AvgIpc) is 2.77. The molecule has 1 aromatic heterocycles. The highest BCUT2D eigenvalue weighted by Gasteiger charge is 2.21. The second kappa shape index (κ2) is 6.37. The van der Waals surface area contributed by atoms with E-state index in [1.165, 1.54) is 15.3 Å². The van der Waals surface area contributed by atoms with Crippen molar-refractivity contribution in [3.8, 4) is 11.5 Å². The number of thiophene rings is 1. The molecule has 0 fully saturated rings. The van der Waals surface area contributed by atoms with Crippen LogP contribution >= 0.6 is 38.9 Å². The van der Waals surface area contributed by atoms with Crippen LogP contribution in [0.3, 0.4) is 0 Å². The van der Waals surface area contributed by atoms with Crippen molar-refractivity contribution >= 4 is 38.9 Å². The Hall–Kier alpha value is -0.710. The standard InChI is InChI=1S/C15H16BrClO2S/c1-8-7-12(20-9(8)2)13(16)10-5-6-11(18-3)14(17)15(10)19-4/h5-7,13H,1-4H3. The molecule has 0 spiro atoms. The Morgan fingerprint density at radius 1 is 1.20 bits per heavy atom. The first-order chi connectivity index (χ1) is 9.49. The van der Waals surface area contributed by atoms with Gasteiger partial charge in [0.25, 0.3) is 0 Å². The first-order valence-electron chi connectivity index (χ1n) is 6.11. The Labute approximate surface area is 136 Å². The van der Waals surface area contributed by atoms with Crippen LogP contribution in [0.5, 0.6) is 11.5 Å². The van der Waals surface area contributed by atoms with Crippen LogP contribution in [0, 0.1) is 13.8 Å². The average molecular weight is 376 g/mol. The van der Waals surface area contributed by atoms with Crippen molar-refractivity contribution in [1.29, 1.82) is 0 Å². The van der Waals surface area contributed by atoms with Gasteiger partial charge < -0.3 is 9.47 Å². The molecule has 1 heterocycles. The number of benzene rings is 1. The Bertz CT molecular complexity index is 605. The number of ether oxygens (including phenoxy) is 2. The largest absolute Gasteiger partial charge is 0.495 e. The van der Waals surface area contributed by atoms with Gasteiger partial charge in [0.1, 0.15) is 16.5 Å². The quantitative estimate of drug-likeness (QED) is 0.655. The third-order valence-corrected chi connectivity index (χ3v) is 6.09. The Balaban J connectivity index is 2.49. The molecular weight excluding hydrogens is 360 g/mol. The first-order valence-corrected chi connectivity index (χ1v) is 8.22. The van der Waals surface area contributed by atoms with E-state index in [1.807, 2.05) is 12.1 Å². The van der Waals surface area contributed by atoms with Crippen molar-refractivity contribution in [2.45, 2.75) is 18.7 Å². The molecule has 0 bridgehead atoms. The summed E-state index contributed by atoms with van der Waals surface area (Å²) in [6.45, 7) is 4.24. The molecule has 0 saturated carbocycles. The summed E-state index contributed by atoms with van der Waals surface area (Å²) >= 11 is 11.8. The van der Waals surface area contributed by atoms with Crippen LogP contribution in [0.2, 0.25) is 5.02 Å². The molecule has 0 saturated heterocycles. The van der Waals surface area contributed by atoms with E-state index in [2.05, 4.69) is 35.8 Å². The fraction of sp³-hybridized carbons (Fsp3) is 0.333. The molecule has 1 atom stereocenters. The number of hydrogen-bond acceptors (Lipinski definition) is 3. The van der Waals surface area contributed by atoms with Crippen molar-refractivity contribution in [3.05, 3.63) is 44.1 Å². The van der Waals surface area contributed by atoms with E-state index in [4.69, 9.17) is 21.1 Å². The fourth-order valence-corrected chi connectivity index (χ4v) is 4.14. The molecule has 0 aliphatic carbocycles. The van der Waals surface area contributed by atoms with Gasteiger partial charge in [-0.3, -0.25) is 0 Å². The number of hydrogen-bond donors (Lipinski definition) is 0. The number of rotatable bonds is 4. The van der Waals surface area contributed by atoms with E-state index in [0.29, 0.717) is 16.5 Å².